The monoisotopic (exact) mass is 372 g/mol. The molecule has 0 aromatic heterocycles. The number of anilines is 1. The van der Waals surface area contributed by atoms with E-state index in [4.69, 9.17) is 9.47 Å². The Morgan fingerprint density at radius 2 is 1.89 bits per heavy atom. The number of nitrogens with zero attached hydrogens (tertiary/aromatic N) is 1. The Morgan fingerprint density at radius 1 is 1.19 bits per heavy atom. The Kier molecular flexibility index (Phi) is 6.87. The Balaban J connectivity index is 1.98. The average molecular weight is 372 g/mol. The highest BCUT2D eigenvalue weighted by Gasteiger charge is 2.21. The van der Waals surface area contributed by atoms with Crippen LogP contribution in [0.15, 0.2) is 48.5 Å². The molecule has 0 bridgehead atoms. The Morgan fingerprint density at radius 3 is 2.48 bits per heavy atom. The summed E-state index contributed by atoms with van der Waals surface area (Å²) in [7, 11) is 1.33. The van der Waals surface area contributed by atoms with E-state index >= 15 is 0 Å². The molecule has 0 saturated heterocycles. The van der Waals surface area contributed by atoms with E-state index in [9.17, 15) is 19.7 Å². The van der Waals surface area contributed by atoms with Gasteiger partial charge in [0.05, 0.1) is 29.7 Å². The molecule has 1 amide bonds. The molecule has 142 valence electrons. The van der Waals surface area contributed by atoms with Crippen LogP contribution in [0.2, 0.25) is 0 Å². The fourth-order valence-electron chi connectivity index (χ4n) is 2.54. The molecule has 0 heterocycles. The van der Waals surface area contributed by atoms with Crippen LogP contribution < -0.4 is 10.1 Å². The molecule has 0 spiro atoms. The molecule has 0 radical (unpaired) electrons. The van der Waals surface area contributed by atoms with Crippen LogP contribution in [0, 0.1) is 10.1 Å². The molecule has 1 N–H and O–H groups in total. The van der Waals surface area contributed by atoms with E-state index in [2.05, 4.69) is 5.32 Å². The molecule has 0 fully saturated rings. The topological polar surface area (TPSA) is 108 Å². The first-order chi connectivity index (χ1) is 13.0. The van der Waals surface area contributed by atoms with Gasteiger partial charge in [-0.25, -0.2) is 0 Å². The molecule has 2 aromatic rings. The minimum atomic E-state index is -0.571. The molecule has 27 heavy (non-hydrogen) atoms. The quantitative estimate of drug-likeness (QED) is 0.433. The lowest BCUT2D eigenvalue weighted by Gasteiger charge is -2.15. The molecule has 8 nitrogen and oxygen atoms in total. The van der Waals surface area contributed by atoms with Gasteiger partial charge in [0.2, 0.25) is 0 Å². The van der Waals surface area contributed by atoms with Gasteiger partial charge in [0.25, 0.3) is 11.6 Å². The summed E-state index contributed by atoms with van der Waals surface area (Å²) in [6.45, 7) is 1.39. The lowest BCUT2D eigenvalue weighted by Crippen LogP contribution is -2.24. The number of nitro benzene ring substituents is 1. The van der Waals surface area contributed by atoms with Gasteiger partial charge in [-0.15, -0.1) is 0 Å². The van der Waals surface area contributed by atoms with Crippen molar-refractivity contribution in [3.63, 3.8) is 0 Å². The zero-order valence-electron chi connectivity index (χ0n) is 15.0. The third-order valence-corrected chi connectivity index (χ3v) is 3.91. The average Bonchev–Trinajstić information content (AvgIpc) is 2.68. The first-order valence-corrected chi connectivity index (χ1v) is 8.30. The van der Waals surface area contributed by atoms with Crippen molar-refractivity contribution >= 4 is 23.3 Å². The zero-order valence-corrected chi connectivity index (χ0v) is 15.0. The number of hydrogen-bond acceptors (Lipinski definition) is 6. The summed E-state index contributed by atoms with van der Waals surface area (Å²) in [6.07, 6.45) is 0.542. The van der Waals surface area contributed by atoms with Crippen LogP contribution in [0.5, 0.6) is 5.75 Å². The lowest BCUT2D eigenvalue weighted by atomic mass is 9.97. The van der Waals surface area contributed by atoms with Crippen molar-refractivity contribution in [3.05, 3.63) is 64.2 Å². The van der Waals surface area contributed by atoms with Crippen molar-refractivity contribution in [2.24, 2.45) is 0 Å². The molecular formula is C19H20N2O6. The summed E-state index contributed by atoms with van der Waals surface area (Å²) in [5.74, 6) is -1.37. The van der Waals surface area contributed by atoms with Crippen LogP contribution in [-0.4, -0.2) is 30.5 Å². The molecule has 8 heteroatoms. The molecule has 0 saturated carbocycles. The second kappa shape index (κ2) is 9.33. The summed E-state index contributed by atoms with van der Waals surface area (Å²) in [5, 5.41) is 13.3. The standard InChI is InChI=1S/C19H20N2O6/c1-3-15(13-7-5-4-6-8-13)19(23)27-12-18(22)20-16-10-9-14(21(24)25)11-17(16)26-2/h4-11,15H,3,12H2,1-2H3,(H,20,22)/t15-/m1/s1. The molecular weight excluding hydrogens is 352 g/mol. The van der Waals surface area contributed by atoms with Crippen LogP contribution in [0.1, 0.15) is 24.8 Å². The summed E-state index contributed by atoms with van der Waals surface area (Å²) >= 11 is 0. The van der Waals surface area contributed by atoms with E-state index in [-0.39, 0.29) is 17.1 Å². The first kappa shape index (κ1) is 19.9. The number of hydrogen-bond donors (Lipinski definition) is 1. The second-order valence-electron chi connectivity index (χ2n) is 5.67. The minimum absolute atomic E-state index is 0.139. The van der Waals surface area contributed by atoms with Crippen LogP contribution >= 0.6 is 0 Å². The number of methoxy groups -OCH3 is 1. The number of carbonyl (C=O) groups excluding carboxylic acids is 2. The van der Waals surface area contributed by atoms with E-state index < -0.39 is 29.3 Å². The lowest BCUT2D eigenvalue weighted by molar-refractivity contribution is -0.384. The number of rotatable bonds is 8. The van der Waals surface area contributed by atoms with E-state index in [0.717, 1.165) is 5.56 Å². The van der Waals surface area contributed by atoms with E-state index in [1.165, 1.54) is 25.3 Å². The zero-order chi connectivity index (χ0) is 19.8. The SMILES string of the molecule is CC[C@@H](C(=O)OCC(=O)Nc1ccc([N+](=O)[O-])cc1OC)c1ccccc1. The Hall–Kier alpha value is -3.42. The molecule has 2 aromatic carbocycles. The number of non-ortho nitro benzene ring substituents is 1. The number of esters is 1. The van der Waals surface area contributed by atoms with Crippen LogP contribution in [-0.2, 0) is 14.3 Å². The van der Waals surface area contributed by atoms with Crippen molar-refractivity contribution in [1.29, 1.82) is 0 Å². The molecule has 1 atom stereocenters. The van der Waals surface area contributed by atoms with Crippen molar-refractivity contribution in [3.8, 4) is 5.75 Å². The van der Waals surface area contributed by atoms with Crippen molar-refractivity contribution in [2.75, 3.05) is 19.0 Å². The largest absolute Gasteiger partial charge is 0.494 e. The number of nitrogens with one attached hydrogen (secondary N) is 1. The van der Waals surface area contributed by atoms with Gasteiger partial charge in [0, 0.05) is 6.07 Å². The van der Waals surface area contributed by atoms with Gasteiger partial charge in [-0.3, -0.25) is 19.7 Å². The smallest absolute Gasteiger partial charge is 0.313 e. The molecule has 0 aliphatic rings. The second-order valence-corrected chi connectivity index (χ2v) is 5.67. The van der Waals surface area contributed by atoms with E-state index in [1.807, 2.05) is 37.3 Å². The predicted molar refractivity (Wildman–Crippen MR) is 98.7 cm³/mol. The van der Waals surface area contributed by atoms with E-state index in [0.29, 0.717) is 6.42 Å². The molecule has 0 aliphatic carbocycles. The summed E-state index contributed by atoms with van der Waals surface area (Å²) in [6, 6.07) is 13.0. The number of carbonyl (C=O) groups is 2. The summed E-state index contributed by atoms with van der Waals surface area (Å²) in [4.78, 5) is 34.6. The highest BCUT2D eigenvalue weighted by molar-refractivity contribution is 5.94. The highest BCUT2D eigenvalue weighted by Crippen LogP contribution is 2.29. The highest BCUT2D eigenvalue weighted by atomic mass is 16.6. The number of amides is 1. The van der Waals surface area contributed by atoms with Crippen LogP contribution in [0.4, 0.5) is 11.4 Å². The maximum atomic E-state index is 12.3. The third kappa shape index (κ3) is 5.27. The van der Waals surface area contributed by atoms with Crippen molar-refractivity contribution in [2.45, 2.75) is 19.3 Å². The van der Waals surface area contributed by atoms with Gasteiger partial charge in [0.1, 0.15) is 5.75 Å². The predicted octanol–water partition coefficient (Wildman–Crippen LogP) is 3.28. The summed E-state index contributed by atoms with van der Waals surface area (Å²) < 4.78 is 10.2. The third-order valence-electron chi connectivity index (χ3n) is 3.91. The molecule has 0 unspecified atom stereocenters. The van der Waals surface area contributed by atoms with Crippen molar-refractivity contribution < 1.29 is 24.0 Å². The van der Waals surface area contributed by atoms with Gasteiger partial charge >= 0.3 is 5.97 Å². The molecule has 2 rings (SSSR count). The number of benzene rings is 2. The molecule has 0 aliphatic heterocycles. The Bertz CT molecular complexity index is 822. The fourth-order valence-corrected chi connectivity index (χ4v) is 2.54. The van der Waals surface area contributed by atoms with Crippen LogP contribution in [0.3, 0.4) is 0 Å². The minimum Gasteiger partial charge on any atom is -0.494 e. The normalized spacial score (nSPS) is 11.3. The fraction of sp³-hybridized carbons (Fsp3) is 0.263. The van der Waals surface area contributed by atoms with Gasteiger partial charge in [-0.1, -0.05) is 37.3 Å². The maximum absolute atomic E-state index is 12.3. The van der Waals surface area contributed by atoms with Gasteiger partial charge in [0.15, 0.2) is 6.61 Å². The van der Waals surface area contributed by atoms with E-state index in [1.54, 1.807) is 0 Å². The van der Waals surface area contributed by atoms with Crippen LogP contribution in [0.25, 0.3) is 0 Å². The number of ether oxygens (including phenoxy) is 2. The van der Waals surface area contributed by atoms with Gasteiger partial charge in [-0.05, 0) is 18.1 Å². The summed E-state index contributed by atoms with van der Waals surface area (Å²) in [5.41, 5.74) is 0.909. The van der Waals surface area contributed by atoms with Gasteiger partial charge < -0.3 is 14.8 Å². The first-order valence-electron chi connectivity index (χ1n) is 8.30. The van der Waals surface area contributed by atoms with Crippen molar-refractivity contribution in [1.82, 2.24) is 0 Å². The number of nitro groups is 1. The Labute approximate surface area is 156 Å². The maximum Gasteiger partial charge on any atom is 0.313 e. The van der Waals surface area contributed by atoms with Gasteiger partial charge in [-0.2, -0.15) is 0 Å².